The molecule has 1 N–H and O–H groups in total. The minimum absolute atomic E-state index is 0.370. The van der Waals surface area contributed by atoms with Gasteiger partial charge in [-0.1, -0.05) is 26.7 Å². The van der Waals surface area contributed by atoms with Crippen molar-refractivity contribution >= 4 is 15.9 Å². The van der Waals surface area contributed by atoms with Crippen molar-refractivity contribution in [3.8, 4) is 0 Å². The molecule has 1 aromatic rings. The number of nitrogens with one attached hydrogen (secondary N) is 1. The van der Waals surface area contributed by atoms with Crippen molar-refractivity contribution in [3.63, 3.8) is 0 Å². The Hall–Kier alpha value is -0.410. The lowest BCUT2D eigenvalue weighted by atomic mass is 9.95. The fraction of sp³-hybridized carbons (Fsp3) is 0.615. The monoisotopic (exact) mass is 284 g/mol. The Morgan fingerprint density at radius 3 is 2.69 bits per heavy atom. The van der Waals surface area contributed by atoms with Crippen LogP contribution in [0.1, 0.15) is 44.8 Å². The van der Waals surface area contributed by atoms with E-state index in [0.717, 1.165) is 22.5 Å². The van der Waals surface area contributed by atoms with Crippen LogP contribution in [0, 0.1) is 5.92 Å². The van der Waals surface area contributed by atoms with Crippen LogP contribution in [0.15, 0.2) is 22.8 Å². The lowest BCUT2D eigenvalue weighted by molar-refractivity contribution is 0.401. The lowest BCUT2D eigenvalue weighted by Gasteiger charge is -2.19. The quantitative estimate of drug-likeness (QED) is 0.856. The summed E-state index contributed by atoms with van der Waals surface area (Å²) >= 11 is 3.41. The highest BCUT2D eigenvalue weighted by atomic mass is 79.9. The maximum Gasteiger partial charge on any atom is 0.0574 e. The van der Waals surface area contributed by atoms with Crippen LogP contribution in [0.3, 0.4) is 0 Å². The standard InChI is InChI=1S/C13H21BrN2/c1-4-5-10(2)8-13(15-3)12-7-6-11(14)9-16-12/h6-7,9-10,13,15H,4-5,8H2,1-3H3. The van der Waals surface area contributed by atoms with Crippen molar-refractivity contribution < 1.29 is 0 Å². The highest BCUT2D eigenvalue weighted by Gasteiger charge is 2.14. The van der Waals surface area contributed by atoms with E-state index in [1.165, 1.54) is 12.8 Å². The Morgan fingerprint density at radius 1 is 1.44 bits per heavy atom. The molecule has 2 nitrogen and oxygen atoms in total. The molecule has 3 heteroatoms. The molecule has 1 aromatic heterocycles. The van der Waals surface area contributed by atoms with E-state index in [2.05, 4.69) is 52.2 Å². The molecule has 0 aliphatic carbocycles. The van der Waals surface area contributed by atoms with Gasteiger partial charge in [0.15, 0.2) is 0 Å². The topological polar surface area (TPSA) is 24.9 Å². The van der Waals surface area contributed by atoms with Crippen LogP contribution in [0.25, 0.3) is 0 Å². The molecule has 0 bridgehead atoms. The van der Waals surface area contributed by atoms with Crippen molar-refractivity contribution in [1.29, 1.82) is 0 Å². The van der Waals surface area contributed by atoms with Gasteiger partial charge in [0.1, 0.15) is 0 Å². The molecule has 0 saturated heterocycles. The van der Waals surface area contributed by atoms with Gasteiger partial charge in [-0.2, -0.15) is 0 Å². The molecule has 1 rings (SSSR count). The molecule has 0 aliphatic heterocycles. The Bertz CT molecular complexity index is 297. The van der Waals surface area contributed by atoms with Gasteiger partial charge in [0.05, 0.1) is 5.69 Å². The third kappa shape index (κ3) is 4.22. The summed E-state index contributed by atoms with van der Waals surface area (Å²) in [6.45, 7) is 4.55. The summed E-state index contributed by atoms with van der Waals surface area (Å²) < 4.78 is 1.03. The lowest BCUT2D eigenvalue weighted by Crippen LogP contribution is -2.20. The average molecular weight is 285 g/mol. The van der Waals surface area contributed by atoms with E-state index in [4.69, 9.17) is 0 Å². The maximum absolute atomic E-state index is 4.45. The molecule has 0 amide bonds. The number of rotatable bonds is 6. The summed E-state index contributed by atoms with van der Waals surface area (Å²) in [5, 5.41) is 3.35. The van der Waals surface area contributed by atoms with Crippen molar-refractivity contribution in [3.05, 3.63) is 28.5 Å². The zero-order valence-corrected chi connectivity index (χ0v) is 11.9. The third-order valence-corrected chi connectivity index (χ3v) is 3.34. The van der Waals surface area contributed by atoms with Crippen molar-refractivity contribution in [2.45, 2.75) is 39.2 Å². The van der Waals surface area contributed by atoms with E-state index in [0.29, 0.717) is 6.04 Å². The molecule has 0 spiro atoms. The Labute approximate surface area is 107 Å². The first-order valence-corrected chi connectivity index (χ1v) is 6.75. The second-order valence-electron chi connectivity index (χ2n) is 4.37. The smallest absolute Gasteiger partial charge is 0.0574 e. The van der Waals surface area contributed by atoms with E-state index in [1.54, 1.807) is 0 Å². The third-order valence-electron chi connectivity index (χ3n) is 2.88. The van der Waals surface area contributed by atoms with Crippen LogP contribution in [-0.4, -0.2) is 12.0 Å². The molecular formula is C13H21BrN2. The fourth-order valence-electron chi connectivity index (χ4n) is 1.99. The second kappa shape index (κ2) is 7.02. The number of hydrogen-bond donors (Lipinski definition) is 1. The number of pyridine rings is 1. The fourth-order valence-corrected chi connectivity index (χ4v) is 2.23. The number of hydrogen-bond acceptors (Lipinski definition) is 2. The molecule has 0 aliphatic rings. The highest BCUT2D eigenvalue weighted by molar-refractivity contribution is 9.10. The largest absolute Gasteiger partial charge is 0.312 e. The second-order valence-corrected chi connectivity index (χ2v) is 5.29. The molecule has 16 heavy (non-hydrogen) atoms. The number of aromatic nitrogens is 1. The molecule has 2 atom stereocenters. The van der Waals surface area contributed by atoms with Gasteiger partial charge in [0, 0.05) is 16.7 Å². The van der Waals surface area contributed by atoms with Crippen molar-refractivity contribution in [2.75, 3.05) is 7.05 Å². The molecule has 90 valence electrons. The van der Waals surface area contributed by atoms with Crippen LogP contribution in [-0.2, 0) is 0 Å². The molecule has 0 fully saturated rings. The molecular weight excluding hydrogens is 264 g/mol. The highest BCUT2D eigenvalue weighted by Crippen LogP contribution is 2.23. The van der Waals surface area contributed by atoms with Gasteiger partial charge in [-0.15, -0.1) is 0 Å². The zero-order valence-electron chi connectivity index (χ0n) is 10.3. The minimum atomic E-state index is 0.370. The van der Waals surface area contributed by atoms with E-state index in [1.807, 2.05) is 13.2 Å². The van der Waals surface area contributed by atoms with Gasteiger partial charge in [0.25, 0.3) is 0 Å². The summed E-state index contributed by atoms with van der Waals surface area (Å²) in [5.74, 6) is 0.743. The molecule has 0 radical (unpaired) electrons. The van der Waals surface area contributed by atoms with Crippen LogP contribution < -0.4 is 5.32 Å². The van der Waals surface area contributed by atoms with E-state index >= 15 is 0 Å². The first-order valence-electron chi connectivity index (χ1n) is 5.96. The van der Waals surface area contributed by atoms with E-state index in [-0.39, 0.29) is 0 Å². The number of halogens is 1. The van der Waals surface area contributed by atoms with Gasteiger partial charge in [-0.3, -0.25) is 4.98 Å². The maximum atomic E-state index is 4.45. The Balaban J connectivity index is 2.63. The number of nitrogens with zero attached hydrogens (tertiary/aromatic N) is 1. The van der Waals surface area contributed by atoms with Crippen molar-refractivity contribution in [2.24, 2.45) is 5.92 Å². The first-order chi connectivity index (χ1) is 7.67. The molecule has 2 unspecified atom stereocenters. The summed E-state index contributed by atoms with van der Waals surface area (Å²) in [6.07, 6.45) is 5.56. The summed E-state index contributed by atoms with van der Waals surface area (Å²) in [4.78, 5) is 4.45. The normalized spacial score (nSPS) is 14.8. The molecule has 0 saturated carbocycles. The SMILES string of the molecule is CCCC(C)CC(NC)c1ccc(Br)cn1. The summed E-state index contributed by atoms with van der Waals surface area (Å²) in [6, 6.07) is 4.51. The predicted octanol–water partition coefficient (Wildman–Crippen LogP) is 3.93. The van der Waals surface area contributed by atoms with Gasteiger partial charge < -0.3 is 5.32 Å². The summed E-state index contributed by atoms with van der Waals surface area (Å²) in [5.41, 5.74) is 1.13. The minimum Gasteiger partial charge on any atom is -0.312 e. The van der Waals surface area contributed by atoms with Crippen LogP contribution in [0.2, 0.25) is 0 Å². The molecule has 0 aromatic carbocycles. The van der Waals surface area contributed by atoms with E-state index in [9.17, 15) is 0 Å². The van der Waals surface area contributed by atoms with Crippen LogP contribution in [0.5, 0.6) is 0 Å². The first kappa shape index (κ1) is 13.7. The van der Waals surface area contributed by atoms with Crippen molar-refractivity contribution in [1.82, 2.24) is 10.3 Å². The molecule has 1 heterocycles. The Morgan fingerprint density at radius 2 is 2.19 bits per heavy atom. The van der Waals surface area contributed by atoms with Gasteiger partial charge in [0.2, 0.25) is 0 Å². The van der Waals surface area contributed by atoms with Gasteiger partial charge in [-0.05, 0) is 47.4 Å². The van der Waals surface area contributed by atoms with E-state index < -0.39 is 0 Å². The predicted molar refractivity (Wildman–Crippen MR) is 72.4 cm³/mol. The van der Waals surface area contributed by atoms with Crippen LogP contribution in [0.4, 0.5) is 0 Å². The Kier molecular flexibility index (Phi) is 5.99. The van der Waals surface area contributed by atoms with Crippen LogP contribution >= 0.6 is 15.9 Å². The van der Waals surface area contributed by atoms with Gasteiger partial charge in [-0.25, -0.2) is 0 Å². The average Bonchev–Trinajstić information content (AvgIpc) is 2.27. The zero-order chi connectivity index (χ0) is 12.0. The van der Waals surface area contributed by atoms with Gasteiger partial charge >= 0.3 is 0 Å². The summed E-state index contributed by atoms with van der Waals surface area (Å²) in [7, 11) is 2.01.